The highest BCUT2D eigenvalue weighted by Gasteiger charge is 2.19. The van der Waals surface area contributed by atoms with Crippen LogP contribution in [-0.2, 0) is 0 Å². The van der Waals surface area contributed by atoms with Crippen LogP contribution >= 0.6 is 0 Å². The molecule has 0 bridgehead atoms. The van der Waals surface area contributed by atoms with Crippen LogP contribution in [-0.4, -0.2) is 36.2 Å². The number of hydrogen-bond donors (Lipinski definition) is 1. The smallest absolute Gasteiger partial charge is 0.129 e. The first-order chi connectivity index (χ1) is 8.61. The molecule has 0 aromatic heterocycles. The third kappa shape index (κ3) is 2.67. The van der Waals surface area contributed by atoms with E-state index in [1.54, 1.807) is 6.08 Å². The minimum absolute atomic E-state index is 0.258. The zero-order valence-electron chi connectivity index (χ0n) is 11.1. The van der Waals surface area contributed by atoms with Gasteiger partial charge in [0.2, 0.25) is 0 Å². The van der Waals surface area contributed by atoms with Gasteiger partial charge in [-0.25, -0.2) is 0 Å². The van der Waals surface area contributed by atoms with Gasteiger partial charge in [-0.1, -0.05) is 12.7 Å². The van der Waals surface area contributed by atoms with E-state index in [9.17, 15) is 5.11 Å². The molecule has 2 rings (SSSR count). The highest BCUT2D eigenvalue weighted by atomic mass is 16.5. The summed E-state index contributed by atoms with van der Waals surface area (Å²) in [6.07, 6.45) is 4.00. The van der Waals surface area contributed by atoms with Crippen LogP contribution in [0.15, 0.2) is 18.7 Å². The highest BCUT2D eigenvalue weighted by molar-refractivity contribution is 5.61. The number of piperidine rings is 1. The van der Waals surface area contributed by atoms with Crippen molar-refractivity contribution < 1.29 is 9.84 Å². The summed E-state index contributed by atoms with van der Waals surface area (Å²) in [5, 5.41) is 9.99. The molecule has 18 heavy (non-hydrogen) atoms. The molecular formula is C15H21NO2. The van der Waals surface area contributed by atoms with Crippen molar-refractivity contribution in [2.45, 2.75) is 25.9 Å². The Hall–Kier alpha value is -1.48. The Morgan fingerprint density at radius 2 is 2.06 bits per heavy atom. The summed E-state index contributed by atoms with van der Waals surface area (Å²) in [4.78, 5) is 2.31. The SMILES string of the molecule is C=Cc1ccc(OC2CCN(C)CC2)c(C)c1O. The molecule has 3 nitrogen and oxygen atoms in total. The van der Waals surface area contributed by atoms with Gasteiger partial charge in [0.15, 0.2) is 0 Å². The van der Waals surface area contributed by atoms with Crippen molar-refractivity contribution in [3.8, 4) is 11.5 Å². The number of aromatic hydroxyl groups is 1. The second-order valence-electron chi connectivity index (χ2n) is 4.95. The summed E-state index contributed by atoms with van der Waals surface area (Å²) in [5.41, 5.74) is 1.55. The third-order valence-electron chi connectivity index (χ3n) is 3.59. The van der Waals surface area contributed by atoms with Gasteiger partial charge in [0.05, 0.1) is 0 Å². The Morgan fingerprint density at radius 3 is 2.67 bits per heavy atom. The van der Waals surface area contributed by atoms with E-state index in [0.717, 1.165) is 42.8 Å². The van der Waals surface area contributed by atoms with Crippen LogP contribution < -0.4 is 4.74 Å². The summed E-state index contributed by atoms with van der Waals surface area (Å²) in [7, 11) is 2.13. The minimum atomic E-state index is 0.258. The lowest BCUT2D eigenvalue weighted by molar-refractivity contribution is 0.113. The van der Waals surface area contributed by atoms with Gasteiger partial charge in [-0.15, -0.1) is 0 Å². The summed E-state index contributed by atoms with van der Waals surface area (Å²) in [6.45, 7) is 7.70. The molecule has 1 N–H and O–H groups in total. The Kier molecular flexibility index (Phi) is 3.92. The predicted octanol–water partition coefficient (Wildman–Crippen LogP) is 2.82. The molecule has 98 valence electrons. The molecule has 0 atom stereocenters. The van der Waals surface area contributed by atoms with Crippen molar-refractivity contribution in [2.75, 3.05) is 20.1 Å². The lowest BCUT2D eigenvalue weighted by Crippen LogP contribution is -2.35. The maximum Gasteiger partial charge on any atom is 0.129 e. The fourth-order valence-electron chi connectivity index (χ4n) is 2.28. The van der Waals surface area contributed by atoms with Crippen LogP contribution in [0.2, 0.25) is 0 Å². The van der Waals surface area contributed by atoms with Crippen molar-refractivity contribution >= 4 is 6.08 Å². The maximum atomic E-state index is 9.99. The Morgan fingerprint density at radius 1 is 1.39 bits per heavy atom. The van der Waals surface area contributed by atoms with Gasteiger partial charge in [0, 0.05) is 24.2 Å². The summed E-state index contributed by atoms with van der Waals surface area (Å²) in [5.74, 6) is 1.06. The van der Waals surface area contributed by atoms with Crippen molar-refractivity contribution in [2.24, 2.45) is 0 Å². The quantitative estimate of drug-likeness (QED) is 0.891. The van der Waals surface area contributed by atoms with E-state index in [0.29, 0.717) is 0 Å². The normalized spacial score (nSPS) is 17.7. The summed E-state index contributed by atoms with van der Waals surface area (Å²) < 4.78 is 5.99. The molecule has 0 amide bonds. The molecule has 3 heteroatoms. The molecule has 0 radical (unpaired) electrons. The zero-order chi connectivity index (χ0) is 13.1. The molecule has 1 fully saturated rings. The van der Waals surface area contributed by atoms with Crippen molar-refractivity contribution in [1.82, 2.24) is 4.90 Å². The number of ether oxygens (including phenoxy) is 1. The largest absolute Gasteiger partial charge is 0.507 e. The number of phenols is 1. The standard InChI is InChI=1S/C15H21NO2/c1-4-12-5-6-14(11(2)15(12)17)18-13-7-9-16(3)10-8-13/h4-6,13,17H,1,7-10H2,2-3H3. The zero-order valence-corrected chi connectivity index (χ0v) is 11.1. The van der Waals surface area contributed by atoms with E-state index in [2.05, 4.69) is 18.5 Å². The molecule has 1 aromatic rings. The molecule has 0 saturated carbocycles. The van der Waals surface area contributed by atoms with Crippen molar-refractivity contribution in [3.63, 3.8) is 0 Å². The van der Waals surface area contributed by atoms with E-state index in [4.69, 9.17) is 4.74 Å². The first-order valence-corrected chi connectivity index (χ1v) is 6.42. The van der Waals surface area contributed by atoms with Crippen LogP contribution in [0.4, 0.5) is 0 Å². The van der Waals surface area contributed by atoms with Crippen LogP contribution in [0, 0.1) is 6.92 Å². The fourth-order valence-corrected chi connectivity index (χ4v) is 2.28. The first kappa shape index (κ1) is 13.0. The third-order valence-corrected chi connectivity index (χ3v) is 3.59. The van der Waals surface area contributed by atoms with Crippen LogP contribution in [0.25, 0.3) is 6.08 Å². The van der Waals surface area contributed by atoms with E-state index < -0.39 is 0 Å². The van der Waals surface area contributed by atoms with Gasteiger partial charge < -0.3 is 14.7 Å². The molecule has 1 heterocycles. The monoisotopic (exact) mass is 247 g/mol. The van der Waals surface area contributed by atoms with Crippen LogP contribution in [0.3, 0.4) is 0 Å². The summed E-state index contributed by atoms with van der Waals surface area (Å²) in [6, 6.07) is 3.77. The lowest BCUT2D eigenvalue weighted by Gasteiger charge is -2.29. The number of rotatable bonds is 3. The highest BCUT2D eigenvalue weighted by Crippen LogP contribution is 2.32. The van der Waals surface area contributed by atoms with Gasteiger partial charge in [-0.05, 0) is 38.9 Å². The molecule has 0 aliphatic carbocycles. The minimum Gasteiger partial charge on any atom is -0.507 e. The predicted molar refractivity (Wildman–Crippen MR) is 74.1 cm³/mol. The maximum absolute atomic E-state index is 9.99. The number of likely N-dealkylation sites (tertiary alicyclic amines) is 1. The topological polar surface area (TPSA) is 32.7 Å². The molecular weight excluding hydrogens is 226 g/mol. The first-order valence-electron chi connectivity index (χ1n) is 6.42. The van der Waals surface area contributed by atoms with Gasteiger partial charge in [0.25, 0.3) is 0 Å². The Bertz CT molecular complexity index is 434. The van der Waals surface area contributed by atoms with Crippen LogP contribution in [0.1, 0.15) is 24.0 Å². The van der Waals surface area contributed by atoms with E-state index in [1.807, 2.05) is 19.1 Å². The van der Waals surface area contributed by atoms with Crippen molar-refractivity contribution in [1.29, 1.82) is 0 Å². The lowest BCUT2D eigenvalue weighted by atomic mass is 10.1. The Balaban J connectivity index is 2.10. The van der Waals surface area contributed by atoms with Crippen molar-refractivity contribution in [3.05, 3.63) is 29.8 Å². The average Bonchev–Trinajstić information content (AvgIpc) is 2.38. The number of hydrogen-bond acceptors (Lipinski definition) is 3. The van der Waals surface area contributed by atoms with E-state index >= 15 is 0 Å². The molecule has 1 saturated heterocycles. The summed E-state index contributed by atoms with van der Waals surface area (Å²) >= 11 is 0. The molecule has 1 aromatic carbocycles. The number of phenolic OH excluding ortho intramolecular Hbond substituents is 1. The molecule has 1 aliphatic rings. The van der Waals surface area contributed by atoms with Gasteiger partial charge in [0.1, 0.15) is 17.6 Å². The van der Waals surface area contributed by atoms with E-state index in [-0.39, 0.29) is 11.9 Å². The molecule has 0 unspecified atom stereocenters. The number of benzene rings is 1. The second kappa shape index (κ2) is 5.44. The average molecular weight is 247 g/mol. The van der Waals surface area contributed by atoms with Gasteiger partial charge >= 0.3 is 0 Å². The molecule has 0 spiro atoms. The second-order valence-corrected chi connectivity index (χ2v) is 4.95. The molecule has 1 aliphatic heterocycles. The van der Waals surface area contributed by atoms with Gasteiger partial charge in [-0.3, -0.25) is 0 Å². The van der Waals surface area contributed by atoms with Gasteiger partial charge in [-0.2, -0.15) is 0 Å². The Labute approximate surface area is 109 Å². The van der Waals surface area contributed by atoms with Crippen LogP contribution in [0.5, 0.6) is 11.5 Å². The van der Waals surface area contributed by atoms with E-state index in [1.165, 1.54) is 0 Å². The fraction of sp³-hybridized carbons (Fsp3) is 0.467. The number of nitrogens with zero attached hydrogens (tertiary/aromatic N) is 1.